The lowest BCUT2D eigenvalue weighted by Crippen LogP contribution is -2.49. The fourth-order valence-corrected chi connectivity index (χ4v) is 6.89. The Kier molecular flexibility index (Phi) is 10.3. The molecular formula is C34H32BrFN2O6S. The van der Waals surface area contributed by atoms with Gasteiger partial charge >= 0.3 is 0 Å². The number of aliphatic hydroxyl groups is 1. The Bertz CT molecular complexity index is 1750. The molecule has 2 N–H and O–H groups in total. The van der Waals surface area contributed by atoms with Gasteiger partial charge in [0.05, 0.1) is 17.3 Å². The number of hydrogen-bond donors (Lipinski definition) is 2. The Morgan fingerprint density at radius 2 is 1.67 bits per heavy atom. The summed E-state index contributed by atoms with van der Waals surface area (Å²) in [5.74, 6) is -0.545. The van der Waals surface area contributed by atoms with Crippen LogP contribution in [0.2, 0.25) is 0 Å². The van der Waals surface area contributed by atoms with Crippen LogP contribution in [0.25, 0.3) is 0 Å². The number of aliphatic imine (C=N–C) groups is 1. The van der Waals surface area contributed by atoms with Gasteiger partial charge in [-0.2, -0.15) is 0 Å². The van der Waals surface area contributed by atoms with Crippen molar-refractivity contribution in [1.82, 2.24) is 5.32 Å². The summed E-state index contributed by atoms with van der Waals surface area (Å²) in [5, 5.41) is 11.9. The second-order valence-corrected chi connectivity index (χ2v) is 13.5. The summed E-state index contributed by atoms with van der Waals surface area (Å²) in [6, 6.07) is 28.0. The van der Waals surface area contributed by atoms with Gasteiger partial charge in [-0.05, 0) is 60.2 Å². The lowest BCUT2D eigenvalue weighted by atomic mass is 9.85. The molecule has 0 aromatic heterocycles. The maximum atomic E-state index is 14.3. The number of halogens is 2. The van der Waals surface area contributed by atoms with Gasteiger partial charge in [0.2, 0.25) is 5.90 Å². The molecule has 1 aliphatic heterocycles. The second-order valence-electron chi connectivity index (χ2n) is 10.5. The Morgan fingerprint density at radius 1 is 0.978 bits per heavy atom. The molecule has 11 heteroatoms. The van der Waals surface area contributed by atoms with E-state index in [0.717, 1.165) is 0 Å². The average molecular weight is 696 g/mol. The lowest BCUT2D eigenvalue weighted by molar-refractivity contribution is -0.129. The summed E-state index contributed by atoms with van der Waals surface area (Å²) in [6.45, 7) is 0.439. The predicted octanol–water partition coefficient (Wildman–Crippen LogP) is 5.79. The van der Waals surface area contributed by atoms with E-state index in [1.165, 1.54) is 24.3 Å². The number of hydrogen-bond acceptors (Lipinski definition) is 7. The summed E-state index contributed by atoms with van der Waals surface area (Å²) in [4.78, 5) is 19.3. The molecule has 5 rings (SSSR count). The van der Waals surface area contributed by atoms with Crippen LogP contribution in [-0.4, -0.2) is 49.8 Å². The smallest absolute Gasteiger partial charge is 0.252 e. The van der Waals surface area contributed by atoms with E-state index in [9.17, 15) is 17.6 Å². The first-order valence-corrected chi connectivity index (χ1v) is 16.8. The molecule has 0 saturated carbocycles. The number of sulfone groups is 1. The van der Waals surface area contributed by atoms with Crippen molar-refractivity contribution in [3.8, 4) is 5.75 Å². The number of nitrogens with zero attached hydrogens (tertiary/aromatic N) is 1. The third-order valence-corrected chi connectivity index (χ3v) is 9.89. The molecule has 4 aromatic carbocycles. The number of ether oxygens (including phenoxy) is 2. The quantitative estimate of drug-likeness (QED) is 0.171. The van der Waals surface area contributed by atoms with Crippen molar-refractivity contribution in [1.29, 1.82) is 0 Å². The van der Waals surface area contributed by atoms with Gasteiger partial charge in [0.1, 0.15) is 11.6 Å². The van der Waals surface area contributed by atoms with E-state index in [1.807, 2.05) is 18.2 Å². The molecule has 0 saturated heterocycles. The SMILES string of the molecule is O=C(NCc1ccc(F)cc1)[C@]1(CCS(=O)(=O)c2ccccc2)N=C(c2ccc(OCCCO)cc2)O[C@@H]1c1ccccc1Br. The molecule has 234 valence electrons. The molecule has 8 nitrogen and oxygen atoms in total. The van der Waals surface area contributed by atoms with Crippen LogP contribution >= 0.6 is 15.9 Å². The van der Waals surface area contributed by atoms with Crippen molar-refractivity contribution in [3.63, 3.8) is 0 Å². The summed E-state index contributed by atoms with van der Waals surface area (Å²) in [5.41, 5.74) is 0.168. The standard InChI is InChI=1S/C34H32BrFN2O6S/c35-30-10-5-4-9-29(30)31-34(19-22-45(41,42)28-7-2-1-3-8-28,33(40)37-23-24-11-15-26(36)16-12-24)38-32(44-31)25-13-17-27(18-14-25)43-21-6-20-39/h1-5,7-18,31,39H,6,19-23H2,(H,37,40)/t31-,34-/m1/s1. The van der Waals surface area contributed by atoms with Gasteiger partial charge in [-0.25, -0.2) is 17.8 Å². The van der Waals surface area contributed by atoms with E-state index in [1.54, 1.807) is 60.7 Å². The number of carbonyl (C=O) groups excluding carboxylic acids is 1. The molecule has 0 radical (unpaired) electrons. The highest BCUT2D eigenvalue weighted by Gasteiger charge is 2.54. The Labute approximate surface area is 270 Å². The highest BCUT2D eigenvalue weighted by molar-refractivity contribution is 9.10. The van der Waals surface area contributed by atoms with E-state index in [-0.39, 0.29) is 36.1 Å². The lowest BCUT2D eigenvalue weighted by Gasteiger charge is -2.31. The van der Waals surface area contributed by atoms with E-state index in [4.69, 9.17) is 19.6 Å². The van der Waals surface area contributed by atoms with Crippen LogP contribution in [0.4, 0.5) is 4.39 Å². The van der Waals surface area contributed by atoms with Gasteiger partial charge in [0.25, 0.3) is 5.91 Å². The zero-order valence-corrected chi connectivity index (χ0v) is 26.6. The fourth-order valence-electron chi connectivity index (χ4n) is 5.01. The normalized spacial score (nSPS) is 17.8. The number of carbonyl (C=O) groups is 1. The highest BCUT2D eigenvalue weighted by Crippen LogP contribution is 2.45. The molecule has 2 atom stereocenters. The molecule has 4 aromatic rings. The zero-order chi connectivity index (χ0) is 31.9. The van der Waals surface area contributed by atoms with Gasteiger partial charge < -0.3 is 19.9 Å². The van der Waals surface area contributed by atoms with E-state index < -0.39 is 33.2 Å². The molecule has 0 aliphatic carbocycles. The minimum absolute atomic E-state index is 0.0183. The van der Waals surface area contributed by atoms with E-state index >= 15 is 0 Å². The van der Waals surface area contributed by atoms with Gasteiger partial charge in [0.15, 0.2) is 21.5 Å². The van der Waals surface area contributed by atoms with Crippen LogP contribution in [0.3, 0.4) is 0 Å². The Hall–Kier alpha value is -4.06. The molecular weight excluding hydrogens is 663 g/mol. The van der Waals surface area contributed by atoms with Crippen molar-refractivity contribution in [2.24, 2.45) is 4.99 Å². The van der Waals surface area contributed by atoms with Gasteiger partial charge in [-0.15, -0.1) is 0 Å². The van der Waals surface area contributed by atoms with Crippen LogP contribution in [-0.2, 0) is 25.9 Å². The molecule has 0 fully saturated rings. The minimum Gasteiger partial charge on any atom is -0.494 e. The summed E-state index contributed by atoms with van der Waals surface area (Å²) in [7, 11) is -3.80. The van der Waals surface area contributed by atoms with Gasteiger partial charge in [-0.1, -0.05) is 64.5 Å². The first-order valence-electron chi connectivity index (χ1n) is 14.4. The van der Waals surface area contributed by atoms with Crippen LogP contribution in [0.1, 0.15) is 35.6 Å². The second kappa shape index (κ2) is 14.4. The van der Waals surface area contributed by atoms with Crippen LogP contribution < -0.4 is 10.1 Å². The van der Waals surface area contributed by atoms with Crippen molar-refractivity contribution in [2.45, 2.75) is 35.9 Å². The molecule has 1 amide bonds. The zero-order valence-electron chi connectivity index (χ0n) is 24.2. The van der Waals surface area contributed by atoms with Crippen molar-refractivity contribution in [2.75, 3.05) is 19.0 Å². The predicted molar refractivity (Wildman–Crippen MR) is 172 cm³/mol. The van der Waals surface area contributed by atoms with Crippen molar-refractivity contribution >= 4 is 37.6 Å². The Morgan fingerprint density at radius 3 is 2.36 bits per heavy atom. The molecule has 1 heterocycles. The van der Waals surface area contributed by atoms with Crippen molar-refractivity contribution < 1.29 is 32.2 Å². The van der Waals surface area contributed by atoms with Crippen LogP contribution in [0.15, 0.2) is 117 Å². The summed E-state index contributed by atoms with van der Waals surface area (Å²) < 4.78 is 53.3. The first-order chi connectivity index (χ1) is 21.7. The fraction of sp³-hybridized carbons (Fsp3) is 0.235. The van der Waals surface area contributed by atoms with E-state index in [2.05, 4.69) is 21.2 Å². The first kappa shape index (κ1) is 32.3. The molecule has 1 aliphatic rings. The topological polar surface area (TPSA) is 114 Å². The largest absolute Gasteiger partial charge is 0.494 e. The third-order valence-electron chi connectivity index (χ3n) is 7.44. The highest BCUT2D eigenvalue weighted by atomic mass is 79.9. The van der Waals surface area contributed by atoms with Crippen molar-refractivity contribution in [3.05, 3.63) is 130 Å². The number of amides is 1. The third kappa shape index (κ3) is 7.61. The molecule has 0 bridgehead atoms. The monoisotopic (exact) mass is 694 g/mol. The average Bonchev–Trinajstić information content (AvgIpc) is 3.45. The van der Waals surface area contributed by atoms with E-state index in [0.29, 0.717) is 39.9 Å². The maximum absolute atomic E-state index is 14.3. The van der Waals surface area contributed by atoms with Crippen LogP contribution in [0, 0.1) is 5.82 Å². The van der Waals surface area contributed by atoms with Gasteiger partial charge in [0, 0.05) is 41.6 Å². The maximum Gasteiger partial charge on any atom is 0.252 e. The molecule has 45 heavy (non-hydrogen) atoms. The van der Waals surface area contributed by atoms with Crippen LogP contribution in [0.5, 0.6) is 5.75 Å². The number of nitrogens with one attached hydrogen (secondary N) is 1. The number of rotatable bonds is 13. The Balaban J connectivity index is 1.55. The molecule has 0 spiro atoms. The molecule has 0 unspecified atom stereocenters. The van der Waals surface area contributed by atoms with Gasteiger partial charge in [-0.3, -0.25) is 4.79 Å². The number of aliphatic hydroxyl groups excluding tert-OH is 1. The number of benzene rings is 4. The summed E-state index contributed by atoms with van der Waals surface area (Å²) in [6.07, 6.45) is -0.674. The summed E-state index contributed by atoms with van der Waals surface area (Å²) >= 11 is 3.58. The minimum atomic E-state index is -3.80.